The Morgan fingerprint density at radius 1 is 0.370 bits per heavy atom. The van der Waals surface area contributed by atoms with E-state index in [4.69, 9.17) is 4.74 Å². The number of unbranched alkanes of at least 4 members (excludes halogenated alkanes) is 50. The number of aliphatic hydroxyl groups excluding tert-OH is 2. The van der Waals surface area contributed by atoms with Crippen LogP contribution in [0, 0.1) is 0 Å². The largest absolute Gasteiger partial charge is 0.466 e. The second-order valence-corrected chi connectivity index (χ2v) is 23.2. The maximum Gasteiger partial charge on any atom is 0.305 e. The Bertz CT molecular complexity index is 1100. The van der Waals surface area contributed by atoms with E-state index in [9.17, 15) is 19.8 Å². The molecule has 0 aliphatic rings. The maximum atomic E-state index is 12.5. The van der Waals surface area contributed by atoms with Gasteiger partial charge in [0.15, 0.2) is 0 Å². The van der Waals surface area contributed by atoms with E-state index < -0.39 is 12.1 Å². The number of nitrogens with one attached hydrogen (secondary N) is 1. The lowest BCUT2D eigenvalue weighted by atomic mass is 10.0. The Hall–Kier alpha value is -1.40. The summed E-state index contributed by atoms with van der Waals surface area (Å²) in [6.07, 6.45) is 76.7. The van der Waals surface area contributed by atoms with Crippen LogP contribution in [0.1, 0.15) is 380 Å². The van der Waals surface area contributed by atoms with Crippen LogP contribution < -0.4 is 5.32 Å². The standard InChI is InChI=1S/C67H131NO5/c1-3-5-7-9-11-13-15-17-19-20-29-32-35-39-43-47-51-55-59-65(70)64(63-69)68-66(71)60-56-52-48-44-40-36-33-30-27-25-23-21-22-24-26-28-31-34-38-42-46-50-54-58-62-73-67(72)61-57-53-49-45-41-37-18-16-14-12-10-8-6-4-2/h23,25,64-65,69-70H,3-22,24,26-63H2,1-2H3,(H,68,71)/b25-23-. The van der Waals surface area contributed by atoms with Crippen LogP contribution in [0.2, 0.25) is 0 Å². The van der Waals surface area contributed by atoms with Gasteiger partial charge in [0.05, 0.1) is 25.4 Å². The predicted molar refractivity (Wildman–Crippen MR) is 320 cm³/mol. The molecule has 0 aromatic heterocycles. The highest BCUT2D eigenvalue weighted by Crippen LogP contribution is 2.19. The van der Waals surface area contributed by atoms with Gasteiger partial charge in [0.1, 0.15) is 0 Å². The average molecular weight is 1030 g/mol. The van der Waals surface area contributed by atoms with Crippen molar-refractivity contribution >= 4 is 11.9 Å². The molecule has 0 radical (unpaired) electrons. The first-order valence-corrected chi connectivity index (χ1v) is 33.4. The number of carbonyl (C=O) groups is 2. The van der Waals surface area contributed by atoms with E-state index in [1.165, 1.54) is 308 Å². The van der Waals surface area contributed by atoms with Crippen LogP contribution in [-0.2, 0) is 14.3 Å². The highest BCUT2D eigenvalue weighted by molar-refractivity contribution is 5.76. The Kier molecular flexibility index (Phi) is 61.9. The van der Waals surface area contributed by atoms with E-state index in [1.807, 2.05) is 0 Å². The molecule has 0 aliphatic heterocycles. The molecule has 0 saturated carbocycles. The summed E-state index contributed by atoms with van der Waals surface area (Å²) in [4.78, 5) is 24.6. The van der Waals surface area contributed by atoms with Crippen LogP contribution in [0.5, 0.6) is 0 Å². The fourth-order valence-electron chi connectivity index (χ4n) is 10.7. The molecule has 1 amide bonds. The minimum atomic E-state index is -0.667. The first kappa shape index (κ1) is 71.6. The maximum absolute atomic E-state index is 12.5. The van der Waals surface area contributed by atoms with Gasteiger partial charge in [-0.15, -0.1) is 0 Å². The van der Waals surface area contributed by atoms with Crippen molar-refractivity contribution < 1.29 is 24.5 Å². The molecular weight excluding hydrogens is 899 g/mol. The zero-order valence-electron chi connectivity index (χ0n) is 49.6. The van der Waals surface area contributed by atoms with Crippen molar-refractivity contribution in [1.82, 2.24) is 5.32 Å². The topological polar surface area (TPSA) is 95.9 Å². The van der Waals surface area contributed by atoms with Crippen molar-refractivity contribution in [3.05, 3.63) is 12.2 Å². The molecule has 0 bridgehead atoms. The fraction of sp³-hybridized carbons (Fsp3) is 0.940. The van der Waals surface area contributed by atoms with Crippen LogP contribution in [0.4, 0.5) is 0 Å². The van der Waals surface area contributed by atoms with Crippen LogP contribution in [0.15, 0.2) is 12.2 Å². The molecule has 0 rings (SSSR count). The third-order valence-electron chi connectivity index (χ3n) is 15.8. The van der Waals surface area contributed by atoms with E-state index in [-0.39, 0.29) is 18.5 Å². The molecule has 0 aromatic carbocycles. The van der Waals surface area contributed by atoms with Crippen molar-refractivity contribution in [2.24, 2.45) is 0 Å². The Morgan fingerprint density at radius 3 is 0.973 bits per heavy atom. The Balaban J connectivity index is 3.39. The molecule has 434 valence electrons. The average Bonchev–Trinajstić information content (AvgIpc) is 3.39. The molecule has 2 unspecified atom stereocenters. The Labute approximate surface area is 457 Å². The van der Waals surface area contributed by atoms with Crippen LogP contribution in [0.3, 0.4) is 0 Å². The molecule has 6 nitrogen and oxygen atoms in total. The smallest absolute Gasteiger partial charge is 0.305 e. The van der Waals surface area contributed by atoms with Crippen molar-refractivity contribution in [3.63, 3.8) is 0 Å². The second kappa shape index (κ2) is 63.1. The molecular formula is C67H131NO5. The Morgan fingerprint density at radius 2 is 0.644 bits per heavy atom. The summed E-state index contributed by atoms with van der Waals surface area (Å²) >= 11 is 0. The monoisotopic (exact) mass is 1030 g/mol. The molecule has 0 aromatic rings. The van der Waals surface area contributed by atoms with Crippen molar-refractivity contribution in [1.29, 1.82) is 0 Å². The second-order valence-electron chi connectivity index (χ2n) is 23.2. The minimum absolute atomic E-state index is 0.0157. The molecule has 0 aliphatic carbocycles. The molecule has 0 spiro atoms. The lowest BCUT2D eigenvalue weighted by Crippen LogP contribution is -2.45. The third-order valence-corrected chi connectivity index (χ3v) is 15.8. The molecule has 0 fully saturated rings. The molecule has 2 atom stereocenters. The summed E-state index contributed by atoms with van der Waals surface area (Å²) in [5, 5.41) is 23.4. The van der Waals surface area contributed by atoms with Gasteiger partial charge < -0.3 is 20.3 Å². The molecule has 3 N–H and O–H groups in total. The number of hydrogen-bond acceptors (Lipinski definition) is 5. The number of amides is 1. The summed E-state index contributed by atoms with van der Waals surface area (Å²) in [7, 11) is 0. The highest BCUT2D eigenvalue weighted by atomic mass is 16.5. The lowest BCUT2D eigenvalue weighted by Gasteiger charge is -2.22. The third kappa shape index (κ3) is 59.7. The van der Waals surface area contributed by atoms with E-state index in [0.717, 1.165) is 38.5 Å². The van der Waals surface area contributed by atoms with Crippen molar-refractivity contribution in [3.8, 4) is 0 Å². The van der Waals surface area contributed by atoms with Crippen LogP contribution in [0.25, 0.3) is 0 Å². The number of esters is 1. The number of aliphatic hydroxyl groups is 2. The van der Waals surface area contributed by atoms with Gasteiger partial charge in [0.2, 0.25) is 5.91 Å². The molecule has 6 heteroatoms. The van der Waals surface area contributed by atoms with E-state index in [1.54, 1.807) is 0 Å². The summed E-state index contributed by atoms with van der Waals surface area (Å²) in [6.45, 7) is 4.99. The van der Waals surface area contributed by atoms with E-state index in [0.29, 0.717) is 25.9 Å². The molecule has 73 heavy (non-hydrogen) atoms. The zero-order chi connectivity index (χ0) is 52.9. The number of ether oxygens (including phenoxy) is 1. The predicted octanol–water partition coefficient (Wildman–Crippen LogP) is 21.2. The summed E-state index contributed by atoms with van der Waals surface area (Å²) in [5.41, 5.74) is 0. The summed E-state index contributed by atoms with van der Waals surface area (Å²) in [6, 6.07) is -0.544. The highest BCUT2D eigenvalue weighted by Gasteiger charge is 2.20. The van der Waals surface area contributed by atoms with Crippen LogP contribution >= 0.6 is 0 Å². The van der Waals surface area contributed by atoms with Gasteiger partial charge in [-0.05, 0) is 51.4 Å². The van der Waals surface area contributed by atoms with Gasteiger partial charge in [0, 0.05) is 12.8 Å². The SMILES string of the molecule is CCCCCCCCCCCCCCCCCCCCC(O)C(CO)NC(=O)CCCCCCCCCC/C=C\CCCCCCCCCCCCCCOC(=O)CCCCCCCCCCCCCCCC. The van der Waals surface area contributed by atoms with Crippen molar-refractivity contribution in [2.45, 2.75) is 392 Å². The first-order valence-electron chi connectivity index (χ1n) is 33.4. The van der Waals surface area contributed by atoms with Gasteiger partial charge in [-0.3, -0.25) is 9.59 Å². The fourth-order valence-corrected chi connectivity index (χ4v) is 10.7. The molecule has 0 saturated heterocycles. The normalized spacial score (nSPS) is 12.5. The number of hydrogen-bond donors (Lipinski definition) is 3. The van der Waals surface area contributed by atoms with Crippen LogP contribution in [-0.4, -0.2) is 47.4 Å². The lowest BCUT2D eigenvalue weighted by molar-refractivity contribution is -0.143. The summed E-state index contributed by atoms with van der Waals surface area (Å²) < 4.78 is 5.49. The van der Waals surface area contributed by atoms with Gasteiger partial charge in [-0.25, -0.2) is 0 Å². The van der Waals surface area contributed by atoms with Crippen molar-refractivity contribution in [2.75, 3.05) is 13.2 Å². The zero-order valence-corrected chi connectivity index (χ0v) is 49.6. The number of carbonyl (C=O) groups excluding carboxylic acids is 2. The first-order chi connectivity index (χ1) is 36.0. The van der Waals surface area contributed by atoms with E-state index >= 15 is 0 Å². The van der Waals surface area contributed by atoms with Gasteiger partial charge in [-0.2, -0.15) is 0 Å². The number of rotatable bonds is 63. The summed E-state index contributed by atoms with van der Waals surface area (Å²) in [5.74, 6) is -0.0200. The number of allylic oxidation sites excluding steroid dienone is 2. The minimum Gasteiger partial charge on any atom is -0.466 e. The van der Waals surface area contributed by atoms with Gasteiger partial charge >= 0.3 is 5.97 Å². The van der Waals surface area contributed by atoms with Gasteiger partial charge in [-0.1, -0.05) is 328 Å². The van der Waals surface area contributed by atoms with E-state index in [2.05, 4.69) is 31.3 Å². The molecule has 0 heterocycles. The van der Waals surface area contributed by atoms with Gasteiger partial charge in [0.25, 0.3) is 0 Å². The quantitative estimate of drug-likeness (QED) is 0.0320.